The number of rotatable bonds is 7. The summed E-state index contributed by atoms with van der Waals surface area (Å²) in [6.45, 7) is 6.68. The molecule has 7 nitrogen and oxygen atoms in total. The Hall–Kier alpha value is -2.66. The molecule has 2 aromatic carbocycles. The van der Waals surface area contributed by atoms with Gasteiger partial charge in [0, 0.05) is 35.6 Å². The quantitative estimate of drug-likeness (QED) is 0.410. The molecular weight excluding hydrogens is 464 g/mol. The molecule has 0 unspecified atom stereocenters. The van der Waals surface area contributed by atoms with E-state index in [-0.39, 0.29) is 10.8 Å². The van der Waals surface area contributed by atoms with Crippen LogP contribution in [0.25, 0.3) is 21.0 Å². The predicted molar refractivity (Wildman–Crippen MR) is 135 cm³/mol. The molecule has 168 valence electrons. The maximum Gasteiger partial charge on any atom is 0.241 e. The standard InChI is InChI=1S/C22H24N4O3S3/c1-14(27)25-17-9-10-18(20(11-17)32(28,29)26-22(2,3)4)21-23-12-19(31-21)15-5-7-16(8-6-15)24-13-30/h5-13,26H,1-4H3,(H,24,30)(H,25,27). The van der Waals surface area contributed by atoms with Crippen molar-refractivity contribution in [1.29, 1.82) is 0 Å². The molecule has 0 bridgehead atoms. The van der Waals surface area contributed by atoms with Gasteiger partial charge in [-0.15, -0.1) is 11.3 Å². The van der Waals surface area contributed by atoms with Crippen LogP contribution in [0.4, 0.5) is 11.4 Å². The number of hydrogen-bond donors (Lipinski definition) is 3. The summed E-state index contributed by atoms with van der Waals surface area (Å²) < 4.78 is 29.1. The molecule has 3 N–H and O–H groups in total. The summed E-state index contributed by atoms with van der Waals surface area (Å²) in [5, 5.41) is 6.15. The molecule has 0 atom stereocenters. The van der Waals surface area contributed by atoms with Crippen LogP contribution in [-0.2, 0) is 14.8 Å². The summed E-state index contributed by atoms with van der Waals surface area (Å²) in [6, 6.07) is 12.5. The van der Waals surface area contributed by atoms with Crippen LogP contribution in [0.2, 0.25) is 0 Å². The number of anilines is 2. The van der Waals surface area contributed by atoms with E-state index in [2.05, 4.69) is 20.3 Å². The van der Waals surface area contributed by atoms with Crippen LogP contribution >= 0.6 is 23.6 Å². The van der Waals surface area contributed by atoms with Crippen molar-refractivity contribution in [3.8, 4) is 21.0 Å². The zero-order chi connectivity index (χ0) is 23.5. The Morgan fingerprint density at radius 3 is 2.34 bits per heavy atom. The SMILES string of the molecule is CC(=O)Nc1ccc(-c2ncc(-c3ccc(NC=S)cc3)s2)c(S(=O)(=O)NC(C)(C)C)c1. The van der Waals surface area contributed by atoms with E-state index in [1.54, 1.807) is 39.1 Å². The lowest BCUT2D eigenvalue weighted by molar-refractivity contribution is -0.114. The number of amides is 1. The maximum absolute atomic E-state index is 13.2. The first-order valence-corrected chi connectivity index (χ1v) is 12.5. The first kappa shape index (κ1) is 24.0. The summed E-state index contributed by atoms with van der Waals surface area (Å²) in [5.74, 6) is -0.284. The van der Waals surface area contributed by atoms with Gasteiger partial charge in [0.2, 0.25) is 15.9 Å². The van der Waals surface area contributed by atoms with E-state index in [0.717, 1.165) is 16.1 Å². The van der Waals surface area contributed by atoms with Gasteiger partial charge in [-0.3, -0.25) is 4.79 Å². The molecule has 3 aromatic rings. The smallest absolute Gasteiger partial charge is 0.241 e. The number of carbonyl (C=O) groups is 1. The topological polar surface area (TPSA) is 100 Å². The zero-order valence-electron chi connectivity index (χ0n) is 18.1. The molecule has 0 saturated heterocycles. The lowest BCUT2D eigenvalue weighted by Crippen LogP contribution is -2.40. The van der Waals surface area contributed by atoms with E-state index < -0.39 is 15.6 Å². The summed E-state index contributed by atoms with van der Waals surface area (Å²) in [5.41, 5.74) is 3.46. The van der Waals surface area contributed by atoms with Gasteiger partial charge in [-0.25, -0.2) is 18.1 Å². The highest BCUT2D eigenvalue weighted by atomic mass is 32.2. The average molecular weight is 489 g/mol. The van der Waals surface area contributed by atoms with E-state index in [1.807, 2.05) is 24.3 Å². The molecule has 0 aliphatic rings. The molecule has 0 aliphatic carbocycles. The van der Waals surface area contributed by atoms with Crippen molar-refractivity contribution in [2.24, 2.45) is 0 Å². The normalized spacial score (nSPS) is 11.8. The highest BCUT2D eigenvalue weighted by Gasteiger charge is 2.26. The summed E-state index contributed by atoms with van der Waals surface area (Å²) in [4.78, 5) is 16.9. The average Bonchev–Trinajstić information content (AvgIpc) is 3.16. The molecule has 32 heavy (non-hydrogen) atoms. The number of aromatic nitrogens is 1. The van der Waals surface area contributed by atoms with Crippen LogP contribution in [-0.4, -0.2) is 30.3 Å². The third-order valence-electron chi connectivity index (χ3n) is 4.16. The number of sulfonamides is 1. The zero-order valence-corrected chi connectivity index (χ0v) is 20.5. The number of nitrogens with one attached hydrogen (secondary N) is 3. The molecule has 0 saturated carbocycles. The number of thiocarbonyl (C=S) groups is 1. The molecule has 1 aromatic heterocycles. The first-order valence-electron chi connectivity index (χ1n) is 9.71. The van der Waals surface area contributed by atoms with Gasteiger partial charge in [0.25, 0.3) is 0 Å². The second-order valence-electron chi connectivity index (χ2n) is 8.12. The van der Waals surface area contributed by atoms with E-state index in [9.17, 15) is 13.2 Å². The van der Waals surface area contributed by atoms with Gasteiger partial charge in [0.05, 0.1) is 15.3 Å². The highest BCUT2D eigenvalue weighted by molar-refractivity contribution is 7.89. The van der Waals surface area contributed by atoms with Gasteiger partial charge in [-0.2, -0.15) is 0 Å². The molecule has 0 aliphatic heterocycles. The van der Waals surface area contributed by atoms with Crippen molar-refractivity contribution in [1.82, 2.24) is 9.71 Å². The van der Waals surface area contributed by atoms with Gasteiger partial charge < -0.3 is 10.6 Å². The van der Waals surface area contributed by atoms with E-state index >= 15 is 0 Å². The van der Waals surface area contributed by atoms with Crippen molar-refractivity contribution in [2.75, 3.05) is 10.6 Å². The Kier molecular flexibility index (Phi) is 7.09. The predicted octanol–water partition coefficient (Wildman–Crippen LogP) is 4.88. The fraction of sp³-hybridized carbons (Fsp3) is 0.227. The van der Waals surface area contributed by atoms with Gasteiger partial charge in [-0.1, -0.05) is 24.4 Å². The van der Waals surface area contributed by atoms with Crippen molar-refractivity contribution in [3.63, 3.8) is 0 Å². The Labute approximate surface area is 197 Å². The Bertz CT molecular complexity index is 1240. The van der Waals surface area contributed by atoms with Crippen LogP contribution in [0.3, 0.4) is 0 Å². The molecule has 0 radical (unpaired) electrons. The first-order chi connectivity index (χ1) is 15.0. The van der Waals surface area contributed by atoms with Gasteiger partial charge >= 0.3 is 0 Å². The molecule has 3 rings (SSSR count). The molecule has 0 spiro atoms. The van der Waals surface area contributed by atoms with Crippen molar-refractivity contribution < 1.29 is 13.2 Å². The molecule has 10 heteroatoms. The summed E-state index contributed by atoms with van der Waals surface area (Å²) in [6.07, 6.45) is 1.72. The summed E-state index contributed by atoms with van der Waals surface area (Å²) in [7, 11) is -3.88. The van der Waals surface area contributed by atoms with Crippen molar-refractivity contribution in [3.05, 3.63) is 48.7 Å². The monoisotopic (exact) mass is 488 g/mol. The third kappa shape index (κ3) is 5.98. The number of benzene rings is 2. The largest absolute Gasteiger partial charge is 0.353 e. The number of hydrogen-bond acceptors (Lipinski definition) is 6. The number of thiazole rings is 1. The maximum atomic E-state index is 13.2. The fourth-order valence-electron chi connectivity index (χ4n) is 2.99. The van der Waals surface area contributed by atoms with E-state index in [1.165, 1.54) is 29.8 Å². The van der Waals surface area contributed by atoms with Gasteiger partial charge in [0.15, 0.2) is 0 Å². The minimum absolute atomic E-state index is 0.0557. The molecule has 0 fully saturated rings. The van der Waals surface area contributed by atoms with Crippen LogP contribution in [0.1, 0.15) is 27.7 Å². The van der Waals surface area contributed by atoms with Gasteiger partial charge in [0.1, 0.15) is 5.01 Å². The molecular formula is C22H24N4O3S3. The van der Waals surface area contributed by atoms with Crippen LogP contribution in [0, 0.1) is 0 Å². The number of nitrogens with zero attached hydrogens (tertiary/aromatic N) is 1. The minimum Gasteiger partial charge on any atom is -0.353 e. The highest BCUT2D eigenvalue weighted by Crippen LogP contribution is 2.37. The van der Waals surface area contributed by atoms with Crippen LogP contribution in [0.5, 0.6) is 0 Å². The van der Waals surface area contributed by atoms with E-state index in [0.29, 0.717) is 16.3 Å². The Morgan fingerprint density at radius 1 is 1.09 bits per heavy atom. The van der Waals surface area contributed by atoms with Gasteiger partial charge in [-0.05, 0) is 56.7 Å². The molecule has 1 amide bonds. The van der Waals surface area contributed by atoms with Crippen LogP contribution in [0.15, 0.2) is 53.6 Å². The third-order valence-corrected chi connectivity index (χ3v) is 7.16. The van der Waals surface area contributed by atoms with Crippen LogP contribution < -0.4 is 15.4 Å². The Balaban J connectivity index is 2.05. The Morgan fingerprint density at radius 2 is 1.75 bits per heavy atom. The number of carbonyl (C=O) groups excluding carboxylic acids is 1. The van der Waals surface area contributed by atoms with Crippen molar-refractivity contribution in [2.45, 2.75) is 38.1 Å². The summed E-state index contributed by atoms with van der Waals surface area (Å²) >= 11 is 6.19. The lowest BCUT2D eigenvalue weighted by atomic mass is 10.1. The van der Waals surface area contributed by atoms with E-state index in [4.69, 9.17) is 12.2 Å². The second-order valence-corrected chi connectivity index (χ2v) is 11.0. The lowest BCUT2D eigenvalue weighted by Gasteiger charge is -2.21. The molecule has 1 heterocycles. The fourth-order valence-corrected chi connectivity index (χ4v) is 5.81. The second kappa shape index (κ2) is 9.45. The minimum atomic E-state index is -3.88. The van der Waals surface area contributed by atoms with Crippen molar-refractivity contribution >= 4 is 56.4 Å².